The average molecular weight is 408 g/mol. The van der Waals surface area contributed by atoms with E-state index in [1.54, 1.807) is 19.1 Å². The molecule has 1 fully saturated rings. The van der Waals surface area contributed by atoms with Crippen molar-refractivity contribution in [3.05, 3.63) is 36.0 Å². The van der Waals surface area contributed by atoms with Gasteiger partial charge in [0, 0.05) is 25.4 Å². The van der Waals surface area contributed by atoms with Gasteiger partial charge in [-0.25, -0.2) is 27.8 Å². The maximum atomic E-state index is 12.9. The molecule has 1 aliphatic heterocycles. The van der Waals surface area contributed by atoms with Gasteiger partial charge in [-0.2, -0.15) is 0 Å². The number of anilines is 1. The summed E-state index contributed by atoms with van der Waals surface area (Å²) < 4.78 is 41.8. The molecule has 7 nitrogen and oxygen atoms in total. The Labute approximate surface area is 164 Å². The van der Waals surface area contributed by atoms with Crippen molar-refractivity contribution in [2.75, 3.05) is 30.9 Å². The molecule has 2 aromatic heterocycles. The Balaban J connectivity index is 1.39. The molecule has 1 saturated heterocycles. The molecule has 9 heteroatoms. The highest BCUT2D eigenvalue weighted by Crippen LogP contribution is 2.24. The number of halogens is 1. The number of hydrogen-bond donors (Lipinski definition) is 0. The number of piperidine rings is 1. The Bertz CT molecular complexity index is 898. The van der Waals surface area contributed by atoms with E-state index in [2.05, 4.69) is 19.9 Å². The Kier molecular flexibility index (Phi) is 6.43. The normalized spacial score (nSPS) is 15.6. The largest absolute Gasteiger partial charge is 0.478 e. The van der Waals surface area contributed by atoms with Crippen LogP contribution in [-0.2, 0) is 9.84 Å². The molecule has 152 valence electrons. The van der Waals surface area contributed by atoms with Gasteiger partial charge in [0.1, 0.15) is 0 Å². The number of pyridine rings is 1. The lowest BCUT2D eigenvalue weighted by Gasteiger charge is -2.31. The van der Waals surface area contributed by atoms with Gasteiger partial charge in [-0.15, -0.1) is 0 Å². The first-order valence-electron chi connectivity index (χ1n) is 9.36. The second-order valence-corrected chi connectivity index (χ2v) is 9.11. The Morgan fingerprint density at radius 3 is 2.50 bits per heavy atom. The van der Waals surface area contributed by atoms with E-state index in [4.69, 9.17) is 4.74 Å². The summed E-state index contributed by atoms with van der Waals surface area (Å²) in [6.45, 7) is 3.95. The van der Waals surface area contributed by atoms with Crippen LogP contribution in [0.1, 0.15) is 31.4 Å². The molecule has 2 aromatic rings. The fraction of sp³-hybridized carbons (Fsp3) is 0.526. The number of hydrogen-bond acceptors (Lipinski definition) is 7. The predicted molar refractivity (Wildman–Crippen MR) is 104 cm³/mol. The monoisotopic (exact) mass is 408 g/mol. The fourth-order valence-corrected chi connectivity index (χ4v) is 4.33. The number of aryl methyl sites for hydroxylation is 1. The van der Waals surface area contributed by atoms with Gasteiger partial charge in [-0.1, -0.05) is 0 Å². The lowest BCUT2D eigenvalue weighted by molar-refractivity contribution is 0.270. The lowest BCUT2D eigenvalue weighted by atomic mass is 9.92. The standard InChI is InChI=1S/C19H25FN4O3S/c1-14-17(28(2,25)26)5-6-18(23-14)27-11-3-4-15-7-9-24(10-8-15)19-21-12-16(20)13-22-19/h5-6,12-13,15H,3-4,7-11H2,1-2H3. The van der Waals surface area contributed by atoms with Crippen LogP contribution in [0.25, 0.3) is 0 Å². The van der Waals surface area contributed by atoms with Crippen molar-refractivity contribution >= 4 is 15.8 Å². The molecule has 0 radical (unpaired) electrons. The highest BCUT2D eigenvalue weighted by atomic mass is 32.2. The molecule has 0 atom stereocenters. The van der Waals surface area contributed by atoms with Gasteiger partial charge in [0.2, 0.25) is 11.8 Å². The smallest absolute Gasteiger partial charge is 0.225 e. The maximum Gasteiger partial charge on any atom is 0.225 e. The van der Waals surface area contributed by atoms with E-state index in [1.165, 1.54) is 18.6 Å². The average Bonchev–Trinajstić information content (AvgIpc) is 2.65. The van der Waals surface area contributed by atoms with E-state index in [-0.39, 0.29) is 4.90 Å². The van der Waals surface area contributed by atoms with Gasteiger partial charge >= 0.3 is 0 Å². The molecule has 0 aliphatic carbocycles. The first-order valence-corrected chi connectivity index (χ1v) is 11.2. The third-order valence-electron chi connectivity index (χ3n) is 4.92. The molecule has 28 heavy (non-hydrogen) atoms. The molecule has 3 heterocycles. The van der Waals surface area contributed by atoms with E-state index in [0.717, 1.165) is 38.8 Å². The molecule has 3 rings (SSSR count). The zero-order valence-corrected chi connectivity index (χ0v) is 17.0. The molecule has 0 amide bonds. The molecule has 1 aliphatic rings. The number of ether oxygens (including phenoxy) is 1. The van der Waals surface area contributed by atoms with Gasteiger partial charge in [-0.05, 0) is 44.6 Å². The second-order valence-electron chi connectivity index (χ2n) is 7.13. The quantitative estimate of drug-likeness (QED) is 0.651. The number of rotatable bonds is 7. The van der Waals surface area contributed by atoms with Crippen LogP contribution in [0.15, 0.2) is 29.4 Å². The van der Waals surface area contributed by atoms with Crippen molar-refractivity contribution < 1.29 is 17.5 Å². The van der Waals surface area contributed by atoms with Gasteiger partial charge in [0.25, 0.3) is 0 Å². The van der Waals surface area contributed by atoms with E-state index in [9.17, 15) is 12.8 Å². The topological polar surface area (TPSA) is 85.3 Å². The van der Waals surface area contributed by atoms with Crippen LogP contribution in [0.2, 0.25) is 0 Å². The van der Waals surface area contributed by atoms with Crippen LogP contribution in [0.5, 0.6) is 5.88 Å². The van der Waals surface area contributed by atoms with Crippen LogP contribution in [0.3, 0.4) is 0 Å². The van der Waals surface area contributed by atoms with Crippen LogP contribution >= 0.6 is 0 Å². The van der Waals surface area contributed by atoms with Crippen LogP contribution in [-0.4, -0.2) is 49.3 Å². The zero-order chi connectivity index (χ0) is 20.1. The molecule has 0 N–H and O–H groups in total. The minimum Gasteiger partial charge on any atom is -0.478 e. The zero-order valence-electron chi connectivity index (χ0n) is 16.1. The number of nitrogens with zero attached hydrogens (tertiary/aromatic N) is 4. The van der Waals surface area contributed by atoms with Crippen molar-refractivity contribution in [2.24, 2.45) is 5.92 Å². The van der Waals surface area contributed by atoms with Gasteiger partial charge < -0.3 is 9.64 Å². The van der Waals surface area contributed by atoms with Crippen molar-refractivity contribution in [1.82, 2.24) is 15.0 Å². The van der Waals surface area contributed by atoms with Crippen molar-refractivity contribution in [3.8, 4) is 5.88 Å². The summed E-state index contributed by atoms with van der Waals surface area (Å²) in [5, 5.41) is 0. The highest BCUT2D eigenvalue weighted by molar-refractivity contribution is 7.90. The SMILES string of the molecule is Cc1nc(OCCCC2CCN(c3ncc(F)cn3)CC2)ccc1S(C)(=O)=O. The first kappa shape index (κ1) is 20.4. The molecular weight excluding hydrogens is 383 g/mol. The Morgan fingerprint density at radius 1 is 1.21 bits per heavy atom. The molecule has 0 unspecified atom stereocenters. The summed E-state index contributed by atoms with van der Waals surface area (Å²) in [5.74, 6) is 1.23. The van der Waals surface area contributed by atoms with E-state index in [1.807, 2.05) is 0 Å². The Morgan fingerprint density at radius 2 is 1.89 bits per heavy atom. The van der Waals surface area contributed by atoms with Crippen LogP contribution in [0, 0.1) is 18.7 Å². The first-order chi connectivity index (χ1) is 13.3. The summed E-state index contributed by atoms with van der Waals surface area (Å²) in [5.41, 5.74) is 0.454. The molecular formula is C19H25FN4O3S. The van der Waals surface area contributed by atoms with Crippen molar-refractivity contribution in [3.63, 3.8) is 0 Å². The lowest BCUT2D eigenvalue weighted by Crippen LogP contribution is -2.34. The Hall–Kier alpha value is -2.29. The maximum absolute atomic E-state index is 12.9. The fourth-order valence-electron chi connectivity index (χ4n) is 3.44. The molecule has 0 spiro atoms. The van der Waals surface area contributed by atoms with Crippen LogP contribution in [0.4, 0.5) is 10.3 Å². The number of aromatic nitrogens is 3. The van der Waals surface area contributed by atoms with Gasteiger partial charge in [0.05, 0.1) is 29.6 Å². The van der Waals surface area contributed by atoms with Gasteiger partial charge in [0.15, 0.2) is 15.7 Å². The second kappa shape index (κ2) is 8.81. The van der Waals surface area contributed by atoms with Gasteiger partial charge in [-0.3, -0.25) is 0 Å². The summed E-state index contributed by atoms with van der Waals surface area (Å²) in [4.78, 5) is 14.6. The molecule has 0 saturated carbocycles. The van der Waals surface area contributed by atoms with E-state index >= 15 is 0 Å². The third-order valence-corrected chi connectivity index (χ3v) is 6.15. The molecule has 0 bridgehead atoms. The van der Waals surface area contributed by atoms with E-state index < -0.39 is 15.7 Å². The minimum absolute atomic E-state index is 0.233. The third kappa shape index (κ3) is 5.37. The summed E-state index contributed by atoms with van der Waals surface area (Å²) >= 11 is 0. The number of sulfone groups is 1. The van der Waals surface area contributed by atoms with Crippen molar-refractivity contribution in [2.45, 2.75) is 37.5 Å². The predicted octanol–water partition coefficient (Wildman–Crippen LogP) is 2.80. The summed E-state index contributed by atoms with van der Waals surface area (Å²) in [6.07, 6.45) is 7.62. The molecule has 0 aromatic carbocycles. The highest BCUT2D eigenvalue weighted by Gasteiger charge is 2.20. The summed E-state index contributed by atoms with van der Waals surface area (Å²) in [7, 11) is -3.27. The van der Waals surface area contributed by atoms with E-state index in [0.29, 0.717) is 30.0 Å². The summed E-state index contributed by atoms with van der Waals surface area (Å²) in [6, 6.07) is 3.14. The van der Waals surface area contributed by atoms with Crippen LogP contribution < -0.4 is 9.64 Å². The minimum atomic E-state index is -3.27. The van der Waals surface area contributed by atoms with Crippen molar-refractivity contribution in [1.29, 1.82) is 0 Å².